The zero-order valence-electron chi connectivity index (χ0n) is 9.64. The van der Waals surface area contributed by atoms with Crippen LogP contribution in [0, 0.1) is 0 Å². The van der Waals surface area contributed by atoms with Gasteiger partial charge in [0, 0.05) is 42.8 Å². The van der Waals surface area contributed by atoms with Crippen LogP contribution in [0.25, 0.3) is 0 Å². The number of rotatable bonds is 2. The first kappa shape index (κ1) is 13.4. The van der Waals surface area contributed by atoms with Crippen LogP contribution in [-0.4, -0.2) is 30.6 Å². The molecule has 0 spiro atoms. The van der Waals surface area contributed by atoms with E-state index < -0.39 is 0 Å². The second kappa shape index (κ2) is 5.77. The Hall–Kier alpha value is 0.01000. The fraction of sp³-hybridized carbons (Fsp3) is 0.500. The van der Waals surface area contributed by atoms with Crippen LogP contribution in [0.5, 0.6) is 0 Å². The highest BCUT2D eigenvalue weighted by Gasteiger charge is 2.18. The lowest BCUT2D eigenvalue weighted by molar-refractivity contribution is 0.200. The summed E-state index contributed by atoms with van der Waals surface area (Å²) in [7, 11) is 0. The molecule has 0 bridgehead atoms. The highest BCUT2D eigenvalue weighted by atomic mass is 35.5. The van der Waals surface area contributed by atoms with Gasteiger partial charge in [-0.05, 0) is 19.1 Å². The van der Waals surface area contributed by atoms with E-state index in [9.17, 15) is 0 Å². The summed E-state index contributed by atoms with van der Waals surface area (Å²) >= 11 is 18.4. The summed E-state index contributed by atoms with van der Waals surface area (Å²) in [5, 5.41) is 5.23. The summed E-state index contributed by atoms with van der Waals surface area (Å²) in [6, 6.07) is 4.04. The Morgan fingerprint density at radius 3 is 2.71 bits per heavy atom. The second-order valence-corrected chi connectivity index (χ2v) is 5.60. The van der Waals surface area contributed by atoms with E-state index in [4.69, 9.17) is 34.8 Å². The molecule has 0 radical (unpaired) electrons. The number of nitrogens with zero attached hydrogens (tertiary/aromatic N) is 1. The Labute approximate surface area is 117 Å². The van der Waals surface area contributed by atoms with Gasteiger partial charge in [0.05, 0.1) is 10.0 Å². The van der Waals surface area contributed by atoms with Crippen LogP contribution in [0.4, 0.5) is 0 Å². The van der Waals surface area contributed by atoms with E-state index in [0.717, 1.165) is 31.7 Å². The van der Waals surface area contributed by atoms with Crippen LogP contribution < -0.4 is 5.32 Å². The maximum Gasteiger partial charge on any atom is 0.0652 e. The monoisotopic (exact) mass is 292 g/mol. The molecule has 0 aromatic heterocycles. The molecule has 1 heterocycles. The van der Waals surface area contributed by atoms with Crippen molar-refractivity contribution in [2.45, 2.75) is 19.5 Å². The van der Waals surface area contributed by atoms with Gasteiger partial charge in [0.15, 0.2) is 0 Å². The summed E-state index contributed by atoms with van der Waals surface area (Å²) < 4.78 is 0. The number of halogens is 3. The van der Waals surface area contributed by atoms with E-state index in [1.807, 2.05) is 0 Å². The molecule has 2 nitrogen and oxygen atoms in total. The standard InChI is InChI=1S/C12H15Cl3N2/c1-8-6-17(5-4-16-8)7-9-10(13)2-3-11(14)12(9)15/h2-3,8,16H,4-7H2,1H3/t8-/m0/s1. The van der Waals surface area contributed by atoms with Gasteiger partial charge in [-0.25, -0.2) is 0 Å². The van der Waals surface area contributed by atoms with Crippen molar-refractivity contribution in [2.24, 2.45) is 0 Å². The third kappa shape index (κ3) is 3.27. The zero-order valence-corrected chi connectivity index (χ0v) is 11.9. The second-order valence-electron chi connectivity index (χ2n) is 4.41. The Balaban J connectivity index is 2.15. The minimum atomic E-state index is 0.500. The van der Waals surface area contributed by atoms with Crippen molar-refractivity contribution in [2.75, 3.05) is 19.6 Å². The van der Waals surface area contributed by atoms with Crippen molar-refractivity contribution >= 4 is 34.8 Å². The molecule has 0 amide bonds. The molecule has 1 aromatic rings. The van der Waals surface area contributed by atoms with Crippen LogP contribution in [0.1, 0.15) is 12.5 Å². The number of nitrogens with one attached hydrogen (secondary N) is 1. The van der Waals surface area contributed by atoms with Crippen molar-refractivity contribution in [3.63, 3.8) is 0 Å². The third-order valence-corrected chi connectivity index (χ3v) is 4.17. The van der Waals surface area contributed by atoms with Crippen LogP contribution in [0.3, 0.4) is 0 Å². The lowest BCUT2D eigenvalue weighted by Crippen LogP contribution is -2.48. The Kier molecular flexibility index (Phi) is 4.56. The molecule has 0 unspecified atom stereocenters. The van der Waals surface area contributed by atoms with Gasteiger partial charge in [0.1, 0.15) is 0 Å². The number of hydrogen-bond donors (Lipinski definition) is 1. The average molecular weight is 294 g/mol. The maximum absolute atomic E-state index is 6.20. The van der Waals surface area contributed by atoms with Crippen molar-refractivity contribution in [1.82, 2.24) is 10.2 Å². The Bertz CT molecular complexity index is 409. The molecule has 0 saturated carbocycles. The van der Waals surface area contributed by atoms with Crippen molar-refractivity contribution in [3.8, 4) is 0 Å². The molecular formula is C12H15Cl3N2. The smallest absolute Gasteiger partial charge is 0.0652 e. The van der Waals surface area contributed by atoms with E-state index in [0.29, 0.717) is 21.1 Å². The normalized spacial score (nSPS) is 21.8. The van der Waals surface area contributed by atoms with E-state index in [-0.39, 0.29) is 0 Å². The first-order valence-electron chi connectivity index (χ1n) is 5.66. The SMILES string of the molecule is C[C@H]1CN(Cc2c(Cl)ccc(Cl)c2Cl)CCN1. The molecule has 94 valence electrons. The van der Waals surface area contributed by atoms with Gasteiger partial charge in [-0.3, -0.25) is 4.90 Å². The largest absolute Gasteiger partial charge is 0.312 e. The number of piperazine rings is 1. The van der Waals surface area contributed by atoms with Gasteiger partial charge in [-0.1, -0.05) is 34.8 Å². The summed E-state index contributed by atoms with van der Waals surface area (Å²) in [4.78, 5) is 2.34. The van der Waals surface area contributed by atoms with Gasteiger partial charge in [0.25, 0.3) is 0 Å². The maximum atomic E-state index is 6.20. The molecule has 17 heavy (non-hydrogen) atoms. The van der Waals surface area contributed by atoms with Gasteiger partial charge in [0.2, 0.25) is 0 Å². The van der Waals surface area contributed by atoms with Gasteiger partial charge in [-0.2, -0.15) is 0 Å². The van der Waals surface area contributed by atoms with Crippen molar-refractivity contribution < 1.29 is 0 Å². The first-order valence-corrected chi connectivity index (χ1v) is 6.79. The van der Waals surface area contributed by atoms with Gasteiger partial charge >= 0.3 is 0 Å². The minimum absolute atomic E-state index is 0.500. The number of benzene rings is 1. The summed E-state index contributed by atoms with van der Waals surface area (Å²) in [5.41, 5.74) is 0.926. The van der Waals surface area contributed by atoms with Crippen LogP contribution in [0.15, 0.2) is 12.1 Å². The van der Waals surface area contributed by atoms with E-state index in [1.165, 1.54) is 0 Å². The van der Waals surface area contributed by atoms with E-state index >= 15 is 0 Å². The Morgan fingerprint density at radius 2 is 2.00 bits per heavy atom. The van der Waals surface area contributed by atoms with Crippen LogP contribution >= 0.6 is 34.8 Å². The molecule has 1 aromatic carbocycles. The Morgan fingerprint density at radius 1 is 1.29 bits per heavy atom. The van der Waals surface area contributed by atoms with E-state index in [2.05, 4.69) is 17.1 Å². The molecule has 1 atom stereocenters. The van der Waals surface area contributed by atoms with Crippen LogP contribution in [0.2, 0.25) is 15.1 Å². The zero-order chi connectivity index (χ0) is 12.4. The third-order valence-electron chi connectivity index (χ3n) is 2.97. The molecule has 1 aliphatic heterocycles. The fourth-order valence-electron chi connectivity index (χ4n) is 2.09. The van der Waals surface area contributed by atoms with Crippen LogP contribution in [-0.2, 0) is 6.54 Å². The summed E-state index contributed by atoms with van der Waals surface area (Å²) in [5.74, 6) is 0. The molecule has 1 saturated heterocycles. The lowest BCUT2D eigenvalue weighted by Gasteiger charge is -2.32. The molecule has 0 aliphatic carbocycles. The highest BCUT2D eigenvalue weighted by Crippen LogP contribution is 2.32. The number of hydrogen-bond acceptors (Lipinski definition) is 2. The fourth-order valence-corrected chi connectivity index (χ4v) is 2.76. The van der Waals surface area contributed by atoms with E-state index in [1.54, 1.807) is 12.1 Å². The van der Waals surface area contributed by atoms with Gasteiger partial charge in [-0.15, -0.1) is 0 Å². The molecule has 5 heteroatoms. The lowest BCUT2D eigenvalue weighted by atomic mass is 10.1. The summed E-state index contributed by atoms with van der Waals surface area (Å²) in [6.07, 6.45) is 0. The topological polar surface area (TPSA) is 15.3 Å². The first-order chi connectivity index (χ1) is 8.08. The van der Waals surface area contributed by atoms with Gasteiger partial charge < -0.3 is 5.32 Å². The molecule has 1 N–H and O–H groups in total. The molecule has 1 fully saturated rings. The molecular weight excluding hydrogens is 279 g/mol. The summed E-state index contributed by atoms with van der Waals surface area (Å²) in [6.45, 7) is 5.93. The average Bonchev–Trinajstić information content (AvgIpc) is 2.30. The van der Waals surface area contributed by atoms with Crippen molar-refractivity contribution in [3.05, 3.63) is 32.8 Å². The predicted molar refractivity (Wildman–Crippen MR) is 74.2 cm³/mol. The highest BCUT2D eigenvalue weighted by molar-refractivity contribution is 6.44. The quantitative estimate of drug-likeness (QED) is 0.840. The minimum Gasteiger partial charge on any atom is -0.312 e. The van der Waals surface area contributed by atoms with Crippen molar-refractivity contribution in [1.29, 1.82) is 0 Å². The predicted octanol–water partition coefficient (Wildman–Crippen LogP) is 3.44. The molecule has 1 aliphatic rings. The molecule has 2 rings (SSSR count).